The first-order valence-electron chi connectivity index (χ1n) is 18.0. The van der Waals surface area contributed by atoms with Crippen LogP contribution >= 0.6 is 0 Å². The van der Waals surface area contributed by atoms with Crippen molar-refractivity contribution in [3.63, 3.8) is 0 Å². The molecule has 0 spiro atoms. The number of rotatable bonds is 15. The molecule has 0 amide bonds. The zero-order valence-corrected chi connectivity index (χ0v) is 31.2. The van der Waals surface area contributed by atoms with Crippen LogP contribution in [0.15, 0.2) is 131 Å². The number of methoxy groups -OCH3 is 2. The van der Waals surface area contributed by atoms with Gasteiger partial charge >= 0.3 is 17.8 Å². The molecular formula is C42H39F3N2O11. The molecule has 1 fully saturated rings. The van der Waals surface area contributed by atoms with E-state index in [9.17, 15) is 37.5 Å². The van der Waals surface area contributed by atoms with Crippen LogP contribution in [-0.4, -0.2) is 84.6 Å². The van der Waals surface area contributed by atoms with Gasteiger partial charge in [-0.25, -0.2) is 4.79 Å². The Kier molecular flexibility index (Phi) is 12.9. The van der Waals surface area contributed by atoms with Crippen LogP contribution in [0.4, 0.5) is 13.2 Å². The fourth-order valence-electron chi connectivity index (χ4n) is 6.64. The molecule has 6 rings (SSSR count). The van der Waals surface area contributed by atoms with Gasteiger partial charge in [0.05, 0.1) is 33.9 Å². The van der Waals surface area contributed by atoms with Crippen LogP contribution < -0.4 is 20.7 Å². The maximum atomic E-state index is 13.9. The summed E-state index contributed by atoms with van der Waals surface area (Å²) in [6.07, 6.45) is -10.2. The van der Waals surface area contributed by atoms with Crippen LogP contribution in [0.5, 0.6) is 11.5 Å². The average molecular weight is 805 g/mol. The van der Waals surface area contributed by atoms with Crippen LogP contribution in [0.1, 0.15) is 39.7 Å². The van der Waals surface area contributed by atoms with Crippen molar-refractivity contribution < 1.29 is 56.3 Å². The highest BCUT2D eigenvalue weighted by molar-refractivity contribution is 5.95. The van der Waals surface area contributed by atoms with E-state index in [-0.39, 0.29) is 12.2 Å². The minimum atomic E-state index is -4.75. The number of benzene rings is 4. The van der Waals surface area contributed by atoms with Crippen LogP contribution in [0.2, 0.25) is 0 Å². The molecule has 1 aliphatic rings. The largest absolute Gasteiger partial charge is 0.497 e. The van der Waals surface area contributed by atoms with E-state index in [1.807, 2.05) is 54.6 Å². The van der Waals surface area contributed by atoms with Gasteiger partial charge in [-0.05, 0) is 53.1 Å². The molecule has 4 aromatic carbocycles. The fraction of sp³-hybridized carbons (Fsp3) is 0.286. The summed E-state index contributed by atoms with van der Waals surface area (Å²) in [6.45, 7) is -2.73. The second kappa shape index (κ2) is 18.0. The monoisotopic (exact) mass is 804 g/mol. The van der Waals surface area contributed by atoms with Crippen LogP contribution in [0.3, 0.4) is 0 Å². The van der Waals surface area contributed by atoms with Crippen molar-refractivity contribution in [2.24, 2.45) is 0 Å². The lowest BCUT2D eigenvalue weighted by atomic mass is 9.80. The molecule has 0 aliphatic carbocycles. The average Bonchev–Trinajstić information content (AvgIpc) is 3.54. The number of aliphatic hydroxyl groups excluding tert-OH is 1. The highest BCUT2D eigenvalue weighted by Crippen LogP contribution is 2.43. The van der Waals surface area contributed by atoms with Gasteiger partial charge in [0.1, 0.15) is 35.4 Å². The predicted molar refractivity (Wildman–Crippen MR) is 201 cm³/mol. The maximum absolute atomic E-state index is 13.9. The first-order chi connectivity index (χ1) is 27.9. The molecule has 13 nitrogen and oxygen atoms in total. The van der Waals surface area contributed by atoms with Gasteiger partial charge in [-0.15, -0.1) is 0 Å². The molecular weight excluding hydrogens is 765 g/mol. The molecule has 1 unspecified atom stereocenters. The van der Waals surface area contributed by atoms with Crippen LogP contribution in [0, 0.1) is 0 Å². The van der Waals surface area contributed by atoms with Crippen molar-refractivity contribution in [2.75, 3.05) is 34.0 Å². The Morgan fingerprint density at radius 2 is 1.33 bits per heavy atom. The summed E-state index contributed by atoms with van der Waals surface area (Å²) >= 11 is 0. The zero-order chi connectivity index (χ0) is 41.5. The molecule has 2 heterocycles. The number of hydrogen-bond acceptors (Lipinski definition) is 11. The molecule has 58 heavy (non-hydrogen) atoms. The highest BCUT2D eigenvalue weighted by atomic mass is 19.4. The SMILES string of the molecule is COc1ccc(C(OC[C@H]2O[C@@H](n3ccc(=O)n(C(=O)c4ccccc4)c3=O)[C@@H](OCCC(=O)OCC(F)(F)F)C2O)(c2ccccc2)c2ccc(OC)cc2)cc1. The summed E-state index contributed by atoms with van der Waals surface area (Å²) in [7, 11) is 3.07. The third kappa shape index (κ3) is 9.05. The molecule has 1 N–H and O–H groups in total. The van der Waals surface area contributed by atoms with Gasteiger partial charge in [-0.1, -0.05) is 72.8 Å². The molecule has 16 heteroatoms. The van der Waals surface area contributed by atoms with Gasteiger partial charge in [0.25, 0.3) is 11.5 Å². The Bertz CT molecular complexity index is 2230. The number of aliphatic hydroxyl groups is 1. The lowest BCUT2D eigenvalue weighted by Crippen LogP contribution is -2.46. The van der Waals surface area contributed by atoms with E-state index in [4.69, 9.17) is 23.7 Å². The number of carbonyl (C=O) groups is 2. The summed E-state index contributed by atoms with van der Waals surface area (Å²) in [5, 5.41) is 11.8. The number of nitrogens with zero attached hydrogens (tertiary/aromatic N) is 2. The van der Waals surface area contributed by atoms with Crippen molar-refractivity contribution in [2.45, 2.75) is 42.7 Å². The van der Waals surface area contributed by atoms with Crippen molar-refractivity contribution in [3.05, 3.63) is 165 Å². The lowest BCUT2D eigenvalue weighted by Gasteiger charge is -2.37. The second-order valence-electron chi connectivity index (χ2n) is 13.1. The number of aromatic nitrogens is 2. The highest BCUT2D eigenvalue weighted by Gasteiger charge is 2.48. The smallest absolute Gasteiger partial charge is 0.422 e. The number of esters is 1. The Morgan fingerprint density at radius 1 is 0.776 bits per heavy atom. The Balaban J connectivity index is 1.38. The van der Waals surface area contributed by atoms with Crippen molar-refractivity contribution in [1.29, 1.82) is 0 Å². The van der Waals surface area contributed by atoms with Gasteiger partial charge in [0.15, 0.2) is 12.8 Å². The molecule has 1 aromatic heterocycles. The van der Waals surface area contributed by atoms with E-state index in [0.29, 0.717) is 32.8 Å². The van der Waals surface area contributed by atoms with Crippen LogP contribution in [0.25, 0.3) is 0 Å². The van der Waals surface area contributed by atoms with E-state index >= 15 is 0 Å². The number of hydrogen-bond donors (Lipinski definition) is 1. The van der Waals surface area contributed by atoms with Gasteiger partial charge in [-0.2, -0.15) is 17.7 Å². The van der Waals surface area contributed by atoms with E-state index < -0.39 is 79.1 Å². The number of halogens is 3. The molecule has 4 atom stereocenters. The molecule has 5 aromatic rings. The van der Waals surface area contributed by atoms with Crippen LogP contribution in [-0.2, 0) is 29.3 Å². The van der Waals surface area contributed by atoms with Gasteiger partial charge in [0.2, 0.25) is 0 Å². The van der Waals surface area contributed by atoms with E-state index in [0.717, 1.165) is 16.8 Å². The first-order valence-corrected chi connectivity index (χ1v) is 18.0. The number of alkyl halides is 3. The minimum Gasteiger partial charge on any atom is -0.497 e. The third-order valence-electron chi connectivity index (χ3n) is 9.47. The molecule has 0 bridgehead atoms. The molecule has 1 saturated heterocycles. The predicted octanol–water partition coefficient (Wildman–Crippen LogP) is 4.86. The number of carbonyl (C=O) groups excluding carboxylic acids is 2. The molecule has 0 saturated carbocycles. The van der Waals surface area contributed by atoms with Crippen molar-refractivity contribution >= 4 is 11.9 Å². The second-order valence-corrected chi connectivity index (χ2v) is 13.1. The normalized spacial score (nSPS) is 18.1. The summed E-state index contributed by atoms with van der Waals surface area (Å²) in [6, 6.07) is 32.1. The van der Waals surface area contributed by atoms with Gasteiger partial charge in [-0.3, -0.25) is 19.0 Å². The first kappa shape index (κ1) is 41.6. The molecule has 1 aliphatic heterocycles. The summed E-state index contributed by atoms with van der Waals surface area (Å²) in [5.74, 6) is -0.997. The summed E-state index contributed by atoms with van der Waals surface area (Å²) in [4.78, 5) is 52.4. The van der Waals surface area contributed by atoms with E-state index in [1.54, 1.807) is 42.5 Å². The minimum absolute atomic E-state index is 0.0394. The van der Waals surface area contributed by atoms with E-state index in [1.165, 1.54) is 26.4 Å². The fourth-order valence-corrected chi connectivity index (χ4v) is 6.64. The summed E-state index contributed by atoms with van der Waals surface area (Å²) < 4.78 is 73.4. The Labute approximate surface area is 329 Å². The van der Waals surface area contributed by atoms with Crippen molar-refractivity contribution in [1.82, 2.24) is 9.13 Å². The topological polar surface area (TPSA) is 154 Å². The molecule has 0 radical (unpaired) electrons. The van der Waals surface area contributed by atoms with E-state index in [2.05, 4.69) is 4.74 Å². The van der Waals surface area contributed by atoms with Crippen molar-refractivity contribution in [3.8, 4) is 11.5 Å². The molecule has 304 valence electrons. The number of ether oxygens (including phenoxy) is 6. The quantitative estimate of drug-likeness (QED) is 0.114. The van der Waals surface area contributed by atoms with Gasteiger partial charge < -0.3 is 33.5 Å². The summed E-state index contributed by atoms with van der Waals surface area (Å²) in [5.41, 5.74) is -1.41. The Morgan fingerprint density at radius 3 is 1.88 bits per heavy atom. The lowest BCUT2D eigenvalue weighted by molar-refractivity contribution is -0.187. The third-order valence-corrected chi connectivity index (χ3v) is 9.47. The maximum Gasteiger partial charge on any atom is 0.422 e. The standard InChI is InChI=1S/C42H39F3N2O11/c1-53-31-17-13-29(14-18-31)42(28-11-7-4-8-12-28,30-15-19-32(54-2)20-16-30)57-25-33-36(50)37(55-24-22-35(49)56-26-41(43,44)45)39(58-33)46-23-21-34(48)47(40(46)52)38(51)27-9-5-3-6-10-27/h3-21,23,33,36-37,39,50H,22,24-26H2,1-2H3/t33-,36?,37+,39-/m1/s1. The Hall–Kier alpha value is -6.07. The van der Waals surface area contributed by atoms with Gasteiger partial charge in [0, 0.05) is 17.8 Å². The zero-order valence-electron chi connectivity index (χ0n) is 31.2.